The largest absolute Gasteiger partial charge is 0.299 e. The third-order valence-corrected chi connectivity index (χ3v) is 7.88. The van der Waals surface area contributed by atoms with E-state index in [1.165, 1.54) is 22.0 Å². The fraction of sp³-hybridized carbons (Fsp3) is 0.273. The second-order valence-corrected chi connectivity index (χ2v) is 9.82. The molecule has 2 aromatic carbocycles. The minimum atomic E-state index is -3.74. The molecule has 0 radical (unpaired) electrons. The summed E-state index contributed by atoms with van der Waals surface area (Å²) in [6, 6.07) is 16.1. The average molecular weight is 431 g/mol. The van der Waals surface area contributed by atoms with Gasteiger partial charge in [-0.05, 0) is 71.6 Å². The van der Waals surface area contributed by atoms with E-state index in [1.54, 1.807) is 53.8 Å². The molecule has 3 aromatic rings. The van der Waals surface area contributed by atoms with Crippen molar-refractivity contribution in [3.05, 3.63) is 82.8 Å². The molecule has 0 aliphatic carbocycles. The van der Waals surface area contributed by atoms with Gasteiger partial charge in [-0.1, -0.05) is 18.2 Å². The predicted octanol–water partition coefficient (Wildman–Crippen LogP) is 4.75. The fourth-order valence-electron chi connectivity index (χ4n) is 3.79. The van der Waals surface area contributed by atoms with Gasteiger partial charge in [0, 0.05) is 25.7 Å². The molecule has 1 aliphatic heterocycles. The van der Waals surface area contributed by atoms with Crippen LogP contribution in [-0.2, 0) is 16.6 Å². The molecule has 7 heteroatoms. The molecule has 1 aromatic heterocycles. The van der Waals surface area contributed by atoms with Gasteiger partial charge in [-0.15, -0.1) is 0 Å². The number of thiophene rings is 1. The van der Waals surface area contributed by atoms with E-state index in [2.05, 4.69) is 21.7 Å². The molecule has 0 unspecified atom stereocenters. The van der Waals surface area contributed by atoms with Crippen molar-refractivity contribution >= 4 is 27.0 Å². The van der Waals surface area contributed by atoms with Crippen LogP contribution in [0.25, 0.3) is 0 Å². The Morgan fingerprint density at radius 3 is 2.31 bits per heavy atom. The van der Waals surface area contributed by atoms with Gasteiger partial charge in [0.2, 0.25) is 0 Å². The van der Waals surface area contributed by atoms with Crippen molar-refractivity contribution < 1.29 is 12.8 Å². The van der Waals surface area contributed by atoms with E-state index in [9.17, 15) is 12.8 Å². The maximum absolute atomic E-state index is 13.5. The molecule has 0 N–H and O–H groups in total. The minimum absolute atomic E-state index is 0.163. The highest BCUT2D eigenvalue weighted by Gasteiger charge is 2.34. The van der Waals surface area contributed by atoms with Crippen LogP contribution in [0.2, 0.25) is 0 Å². The smallest absolute Gasteiger partial charge is 0.264 e. The van der Waals surface area contributed by atoms with Gasteiger partial charge in [-0.2, -0.15) is 11.3 Å². The molecule has 0 saturated carbocycles. The standard InChI is InChI=1S/C22H23FN2O2S2/c23-19-6-8-20(9-7-19)25(29(26,27)22-4-2-1-3-5-22)21-10-13-24(14-11-21)16-18-12-15-28-17-18/h1-9,12,15,17,21H,10-11,13-14,16H2. The zero-order chi connectivity index (χ0) is 20.3. The number of benzene rings is 2. The summed E-state index contributed by atoms with van der Waals surface area (Å²) in [6.07, 6.45) is 1.46. The third-order valence-electron chi connectivity index (χ3n) is 5.26. The van der Waals surface area contributed by atoms with Gasteiger partial charge in [0.1, 0.15) is 5.82 Å². The number of rotatable bonds is 6. The summed E-state index contributed by atoms with van der Waals surface area (Å²) >= 11 is 1.69. The SMILES string of the molecule is O=S(=O)(c1ccccc1)N(c1ccc(F)cc1)C1CCN(Cc2ccsc2)CC1. The van der Waals surface area contributed by atoms with Gasteiger partial charge in [-0.3, -0.25) is 9.21 Å². The normalized spacial score (nSPS) is 16.0. The molecule has 1 saturated heterocycles. The van der Waals surface area contributed by atoms with Crippen LogP contribution in [0.3, 0.4) is 0 Å². The number of likely N-dealkylation sites (tertiary alicyclic amines) is 1. The predicted molar refractivity (Wildman–Crippen MR) is 115 cm³/mol. The first-order chi connectivity index (χ1) is 14.0. The molecule has 29 heavy (non-hydrogen) atoms. The van der Waals surface area contributed by atoms with Crippen LogP contribution in [-0.4, -0.2) is 32.4 Å². The lowest BCUT2D eigenvalue weighted by Crippen LogP contribution is -2.47. The average Bonchev–Trinajstić information content (AvgIpc) is 3.25. The van der Waals surface area contributed by atoms with Crippen molar-refractivity contribution in [3.63, 3.8) is 0 Å². The summed E-state index contributed by atoms with van der Waals surface area (Å²) in [6.45, 7) is 2.53. The van der Waals surface area contributed by atoms with E-state index < -0.39 is 10.0 Å². The van der Waals surface area contributed by atoms with E-state index in [-0.39, 0.29) is 16.8 Å². The lowest BCUT2D eigenvalue weighted by molar-refractivity contribution is 0.207. The summed E-state index contributed by atoms with van der Waals surface area (Å²) in [5.41, 5.74) is 1.80. The molecule has 1 fully saturated rings. The summed E-state index contributed by atoms with van der Waals surface area (Å²) < 4.78 is 41.9. The van der Waals surface area contributed by atoms with Crippen LogP contribution in [0.5, 0.6) is 0 Å². The Balaban J connectivity index is 1.59. The fourth-order valence-corrected chi connectivity index (χ4v) is 6.18. The monoisotopic (exact) mass is 430 g/mol. The van der Waals surface area contributed by atoms with Gasteiger partial charge >= 0.3 is 0 Å². The van der Waals surface area contributed by atoms with Gasteiger partial charge < -0.3 is 0 Å². The van der Waals surface area contributed by atoms with E-state index >= 15 is 0 Å². The van der Waals surface area contributed by atoms with Crippen LogP contribution >= 0.6 is 11.3 Å². The maximum Gasteiger partial charge on any atom is 0.264 e. The Bertz CT molecular complexity index is 1010. The van der Waals surface area contributed by atoms with Crippen LogP contribution in [0.1, 0.15) is 18.4 Å². The maximum atomic E-state index is 13.5. The molecule has 0 spiro atoms. The molecule has 1 aliphatic rings. The van der Waals surface area contributed by atoms with E-state index in [1.807, 2.05) is 0 Å². The van der Waals surface area contributed by atoms with Gasteiger partial charge in [0.05, 0.1) is 10.6 Å². The highest BCUT2D eigenvalue weighted by molar-refractivity contribution is 7.92. The summed E-state index contributed by atoms with van der Waals surface area (Å²) in [7, 11) is -3.74. The lowest BCUT2D eigenvalue weighted by atomic mass is 10.0. The summed E-state index contributed by atoms with van der Waals surface area (Å²) in [4.78, 5) is 2.61. The zero-order valence-electron chi connectivity index (χ0n) is 15.9. The zero-order valence-corrected chi connectivity index (χ0v) is 17.6. The number of halogens is 1. The molecule has 4 nitrogen and oxygen atoms in total. The number of anilines is 1. The van der Waals surface area contributed by atoms with E-state index in [4.69, 9.17) is 0 Å². The minimum Gasteiger partial charge on any atom is -0.299 e. The lowest BCUT2D eigenvalue weighted by Gasteiger charge is -2.39. The molecular formula is C22H23FN2O2S2. The van der Waals surface area contributed by atoms with Crippen molar-refractivity contribution in [2.45, 2.75) is 30.3 Å². The Kier molecular flexibility index (Phi) is 5.99. The molecule has 0 amide bonds. The van der Waals surface area contributed by atoms with Crippen molar-refractivity contribution in [3.8, 4) is 0 Å². The van der Waals surface area contributed by atoms with Gasteiger partial charge in [0.25, 0.3) is 10.0 Å². The Morgan fingerprint density at radius 2 is 1.69 bits per heavy atom. The summed E-state index contributed by atoms with van der Waals surface area (Å²) in [5, 5.41) is 4.22. The van der Waals surface area contributed by atoms with Crippen LogP contribution in [0, 0.1) is 5.82 Å². The quantitative estimate of drug-likeness (QED) is 0.567. The number of piperidine rings is 1. The van der Waals surface area contributed by atoms with Crippen LogP contribution in [0.15, 0.2) is 76.3 Å². The molecular weight excluding hydrogens is 407 g/mol. The van der Waals surface area contributed by atoms with Crippen LogP contribution in [0.4, 0.5) is 10.1 Å². The van der Waals surface area contributed by atoms with E-state index in [0.717, 1.165) is 32.5 Å². The van der Waals surface area contributed by atoms with Crippen molar-refractivity contribution in [1.82, 2.24) is 4.90 Å². The topological polar surface area (TPSA) is 40.6 Å². The third kappa shape index (κ3) is 4.52. The number of nitrogens with zero attached hydrogens (tertiary/aromatic N) is 2. The van der Waals surface area contributed by atoms with Gasteiger partial charge in [0.15, 0.2) is 0 Å². The second-order valence-electron chi connectivity index (χ2n) is 7.23. The van der Waals surface area contributed by atoms with E-state index in [0.29, 0.717) is 5.69 Å². The first kappa shape index (κ1) is 20.1. The second kappa shape index (κ2) is 8.65. The first-order valence-corrected chi connectivity index (χ1v) is 12.0. The molecule has 4 rings (SSSR count). The number of sulfonamides is 1. The molecule has 0 atom stereocenters. The van der Waals surface area contributed by atoms with Gasteiger partial charge in [-0.25, -0.2) is 12.8 Å². The highest BCUT2D eigenvalue weighted by atomic mass is 32.2. The Labute approximate surface area is 175 Å². The van der Waals surface area contributed by atoms with Crippen molar-refractivity contribution in [2.75, 3.05) is 17.4 Å². The molecule has 0 bridgehead atoms. The highest BCUT2D eigenvalue weighted by Crippen LogP contribution is 2.31. The Morgan fingerprint density at radius 1 is 1.00 bits per heavy atom. The first-order valence-electron chi connectivity index (χ1n) is 9.62. The number of hydrogen-bond acceptors (Lipinski definition) is 4. The molecule has 152 valence electrons. The van der Waals surface area contributed by atoms with Crippen molar-refractivity contribution in [2.24, 2.45) is 0 Å². The Hall–Kier alpha value is -2.22. The summed E-state index contributed by atoms with van der Waals surface area (Å²) in [5.74, 6) is -0.378. The van der Waals surface area contributed by atoms with Crippen molar-refractivity contribution in [1.29, 1.82) is 0 Å². The number of hydrogen-bond donors (Lipinski definition) is 0. The molecule has 2 heterocycles. The van der Waals surface area contributed by atoms with Crippen LogP contribution < -0.4 is 4.31 Å².